The van der Waals surface area contributed by atoms with Crippen LogP contribution in [-0.4, -0.2) is 17.5 Å². The van der Waals surface area contributed by atoms with Gasteiger partial charge in [0.05, 0.1) is 6.10 Å². The van der Waals surface area contributed by atoms with Crippen molar-refractivity contribution in [2.45, 2.75) is 51.0 Å². The topological polar surface area (TPSA) is 37.3 Å². The minimum absolute atomic E-state index is 0.0434. The van der Waals surface area contributed by atoms with E-state index in [0.717, 1.165) is 44.8 Å². The van der Waals surface area contributed by atoms with Gasteiger partial charge in [0.15, 0.2) is 0 Å². The molecule has 2 aliphatic rings. The Kier molecular flexibility index (Phi) is 2.41. The van der Waals surface area contributed by atoms with Gasteiger partial charge in [-0.25, -0.2) is 0 Å². The monoisotopic (exact) mass is 182 g/mol. The number of hydrogen-bond donors (Lipinski definition) is 1. The predicted octanol–water partition coefficient (Wildman–Crippen LogP) is 1.91. The van der Waals surface area contributed by atoms with Crippen molar-refractivity contribution in [3.63, 3.8) is 0 Å². The van der Waals surface area contributed by atoms with Crippen LogP contribution in [-0.2, 0) is 4.79 Å². The SMILES string of the molecule is O=CC1(CC2CCCC(O)C2)CC1. The first kappa shape index (κ1) is 9.20. The highest BCUT2D eigenvalue weighted by Gasteiger charge is 2.44. The highest BCUT2D eigenvalue weighted by atomic mass is 16.3. The Morgan fingerprint density at radius 1 is 1.38 bits per heavy atom. The molecule has 0 bridgehead atoms. The summed E-state index contributed by atoms with van der Waals surface area (Å²) in [6.45, 7) is 0. The summed E-state index contributed by atoms with van der Waals surface area (Å²) in [5.74, 6) is 0.608. The molecule has 2 nitrogen and oxygen atoms in total. The fourth-order valence-corrected chi connectivity index (χ4v) is 2.55. The molecule has 2 heteroatoms. The molecule has 0 saturated heterocycles. The predicted molar refractivity (Wildman–Crippen MR) is 50.3 cm³/mol. The van der Waals surface area contributed by atoms with Crippen LogP contribution >= 0.6 is 0 Å². The molecule has 13 heavy (non-hydrogen) atoms. The molecule has 2 aliphatic carbocycles. The standard InChI is InChI=1S/C11H18O2/c12-8-11(4-5-11)7-9-2-1-3-10(13)6-9/h8-10,13H,1-7H2. The van der Waals surface area contributed by atoms with Crippen LogP contribution in [0.4, 0.5) is 0 Å². The second-order valence-electron chi connectivity index (χ2n) is 4.87. The van der Waals surface area contributed by atoms with Gasteiger partial charge in [-0.15, -0.1) is 0 Å². The molecule has 0 amide bonds. The van der Waals surface area contributed by atoms with E-state index in [4.69, 9.17) is 0 Å². The van der Waals surface area contributed by atoms with Crippen LogP contribution < -0.4 is 0 Å². The smallest absolute Gasteiger partial charge is 0.126 e. The van der Waals surface area contributed by atoms with E-state index < -0.39 is 0 Å². The van der Waals surface area contributed by atoms with Crippen LogP contribution in [0.15, 0.2) is 0 Å². The van der Waals surface area contributed by atoms with E-state index >= 15 is 0 Å². The van der Waals surface area contributed by atoms with Gasteiger partial charge in [0.25, 0.3) is 0 Å². The lowest BCUT2D eigenvalue weighted by atomic mass is 9.80. The summed E-state index contributed by atoms with van der Waals surface area (Å²) in [4.78, 5) is 10.8. The minimum atomic E-state index is -0.0961. The van der Waals surface area contributed by atoms with Gasteiger partial charge in [-0.2, -0.15) is 0 Å². The van der Waals surface area contributed by atoms with Crippen molar-refractivity contribution in [1.29, 1.82) is 0 Å². The molecule has 0 radical (unpaired) electrons. The summed E-state index contributed by atoms with van der Waals surface area (Å²) in [6, 6.07) is 0. The van der Waals surface area contributed by atoms with Crippen LogP contribution in [0.2, 0.25) is 0 Å². The molecule has 1 N–H and O–H groups in total. The third-order valence-corrected chi connectivity index (χ3v) is 3.59. The van der Waals surface area contributed by atoms with Gasteiger partial charge >= 0.3 is 0 Å². The normalized spacial score (nSPS) is 37.0. The van der Waals surface area contributed by atoms with Crippen molar-refractivity contribution in [3.05, 3.63) is 0 Å². The molecule has 0 spiro atoms. The van der Waals surface area contributed by atoms with Crippen molar-refractivity contribution < 1.29 is 9.90 Å². The molecule has 74 valence electrons. The quantitative estimate of drug-likeness (QED) is 0.677. The lowest BCUT2D eigenvalue weighted by molar-refractivity contribution is -0.113. The van der Waals surface area contributed by atoms with E-state index in [0.29, 0.717) is 5.92 Å². The van der Waals surface area contributed by atoms with E-state index in [9.17, 15) is 9.90 Å². The zero-order valence-corrected chi connectivity index (χ0v) is 8.04. The summed E-state index contributed by atoms with van der Waals surface area (Å²) >= 11 is 0. The molecule has 0 aromatic rings. The van der Waals surface area contributed by atoms with Crippen molar-refractivity contribution in [1.82, 2.24) is 0 Å². The third-order valence-electron chi connectivity index (χ3n) is 3.59. The number of aliphatic hydroxyl groups is 1. The number of aliphatic hydroxyl groups excluding tert-OH is 1. The van der Waals surface area contributed by atoms with Gasteiger partial charge in [-0.05, 0) is 38.0 Å². The minimum Gasteiger partial charge on any atom is -0.393 e. The van der Waals surface area contributed by atoms with E-state index in [2.05, 4.69) is 0 Å². The molecule has 2 saturated carbocycles. The third kappa shape index (κ3) is 2.11. The van der Waals surface area contributed by atoms with Crippen molar-refractivity contribution in [2.24, 2.45) is 11.3 Å². The summed E-state index contributed by atoms with van der Waals surface area (Å²) in [6.07, 6.45) is 8.50. The maximum Gasteiger partial charge on any atom is 0.126 e. The summed E-state index contributed by atoms with van der Waals surface area (Å²) in [7, 11) is 0. The Labute approximate surface area is 79.3 Å². The second-order valence-corrected chi connectivity index (χ2v) is 4.87. The Morgan fingerprint density at radius 2 is 2.15 bits per heavy atom. The van der Waals surface area contributed by atoms with E-state index in [1.165, 1.54) is 6.42 Å². The van der Waals surface area contributed by atoms with Gasteiger partial charge in [-0.3, -0.25) is 0 Å². The number of aldehydes is 1. The maximum atomic E-state index is 10.8. The largest absolute Gasteiger partial charge is 0.393 e. The number of carbonyl (C=O) groups excluding carboxylic acids is 1. The molecule has 2 fully saturated rings. The van der Waals surface area contributed by atoms with Crippen LogP contribution in [0.5, 0.6) is 0 Å². The first-order valence-corrected chi connectivity index (χ1v) is 5.38. The van der Waals surface area contributed by atoms with Gasteiger partial charge in [0, 0.05) is 5.41 Å². The number of rotatable bonds is 3. The summed E-state index contributed by atoms with van der Waals surface area (Å²) in [5, 5.41) is 9.48. The lowest BCUT2D eigenvalue weighted by Gasteiger charge is -2.27. The zero-order chi connectivity index (χ0) is 9.31. The van der Waals surface area contributed by atoms with Crippen molar-refractivity contribution in [3.8, 4) is 0 Å². The zero-order valence-electron chi connectivity index (χ0n) is 8.04. The van der Waals surface area contributed by atoms with E-state index in [1.807, 2.05) is 0 Å². The lowest BCUT2D eigenvalue weighted by Crippen LogP contribution is -2.22. The molecular weight excluding hydrogens is 164 g/mol. The molecular formula is C11H18O2. The first-order chi connectivity index (χ1) is 6.24. The molecule has 0 aromatic carbocycles. The van der Waals surface area contributed by atoms with Crippen LogP contribution in [0.1, 0.15) is 44.9 Å². The van der Waals surface area contributed by atoms with Crippen LogP contribution in [0.3, 0.4) is 0 Å². The summed E-state index contributed by atoms with van der Waals surface area (Å²) in [5.41, 5.74) is 0.0434. The average molecular weight is 182 g/mol. The Hall–Kier alpha value is -0.370. The van der Waals surface area contributed by atoms with Gasteiger partial charge in [-0.1, -0.05) is 12.8 Å². The highest BCUT2D eigenvalue weighted by molar-refractivity contribution is 5.63. The maximum absolute atomic E-state index is 10.8. The molecule has 0 heterocycles. The van der Waals surface area contributed by atoms with Crippen molar-refractivity contribution in [2.75, 3.05) is 0 Å². The van der Waals surface area contributed by atoms with E-state index in [1.54, 1.807) is 0 Å². The number of carbonyl (C=O) groups is 1. The van der Waals surface area contributed by atoms with Gasteiger partial charge in [0.1, 0.15) is 6.29 Å². The summed E-state index contributed by atoms with van der Waals surface area (Å²) < 4.78 is 0. The fraction of sp³-hybridized carbons (Fsp3) is 0.909. The van der Waals surface area contributed by atoms with Gasteiger partial charge < -0.3 is 9.90 Å². The molecule has 0 aliphatic heterocycles. The van der Waals surface area contributed by atoms with Crippen LogP contribution in [0, 0.1) is 11.3 Å². The molecule has 0 aromatic heterocycles. The van der Waals surface area contributed by atoms with Gasteiger partial charge in [0.2, 0.25) is 0 Å². The Morgan fingerprint density at radius 3 is 2.69 bits per heavy atom. The average Bonchev–Trinajstić information content (AvgIpc) is 2.86. The van der Waals surface area contributed by atoms with Crippen LogP contribution in [0.25, 0.3) is 0 Å². The van der Waals surface area contributed by atoms with Crippen molar-refractivity contribution >= 4 is 6.29 Å². The number of hydrogen-bond acceptors (Lipinski definition) is 2. The fourth-order valence-electron chi connectivity index (χ4n) is 2.55. The molecule has 2 atom stereocenters. The Balaban J connectivity index is 1.83. The first-order valence-electron chi connectivity index (χ1n) is 5.38. The molecule has 2 rings (SSSR count). The molecule has 2 unspecified atom stereocenters. The highest BCUT2D eigenvalue weighted by Crippen LogP contribution is 2.50. The Bertz CT molecular complexity index is 196. The van der Waals surface area contributed by atoms with E-state index in [-0.39, 0.29) is 11.5 Å². The second kappa shape index (κ2) is 3.41.